The molecule has 0 saturated heterocycles. The molecule has 0 aromatic heterocycles. The summed E-state index contributed by atoms with van der Waals surface area (Å²) in [5, 5.41) is 11.1. The second kappa shape index (κ2) is 6.25. The van der Waals surface area contributed by atoms with E-state index in [0.29, 0.717) is 11.4 Å². The molecule has 0 fully saturated rings. The lowest BCUT2D eigenvalue weighted by Crippen LogP contribution is -1.99. The first-order valence-electron chi connectivity index (χ1n) is 6.11. The van der Waals surface area contributed by atoms with E-state index in [1.165, 1.54) is 12.1 Å². The summed E-state index contributed by atoms with van der Waals surface area (Å²) in [6, 6.07) is 12.1. The minimum atomic E-state index is -0.411. The lowest BCUT2D eigenvalue weighted by atomic mass is 10.00. The second-order valence-electron chi connectivity index (χ2n) is 4.60. The van der Waals surface area contributed by atoms with Crippen molar-refractivity contribution in [2.75, 3.05) is 0 Å². The molecule has 0 aliphatic rings. The summed E-state index contributed by atoms with van der Waals surface area (Å²) < 4.78 is 0. The molecule has 2 aromatic rings. The number of nitrogens with zero attached hydrogens (tertiary/aromatic N) is 1. The Bertz CT molecular complexity index is 626. The number of nitro benzene ring substituents is 1. The van der Waals surface area contributed by atoms with Crippen LogP contribution in [0.1, 0.15) is 22.1 Å². The van der Waals surface area contributed by atoms with Gasteiger partial charge in [0.25, 0.3) is 5.69 Å². The molecule has 3 nitrogen and oxygen atoms in total. The topological polar surface area (TPSA) is 43.1 Å². The van der Waals surface area contributed by atoms with Crippen molar-refractivity contribution in [3.63, 3.8) is 0 Å². The van der Waals surface area contributed by atoms with Crippen molar-refractivity contribution in [2.45, 2.75) is 18.7 Å². The molecule has 0 radical (unpaired) electrons. The average Bonchev–Trinajstić information content (AvgIpc) is 2.39. The third-order valence-corrected chi connectivity index (χ3v) is 3.76. The Balaban J connectivity index is 2.14. The van der Waals surface area contributed by atoms with E-state index in [9.17, 15) is 10.1 Å². The van der Waals surface area contributed by atoms with E-state index >= 15 is 0 Å². The van der Waals surface area contributed by atoms with E-state index in [4.69, 9.17) is 23.2 Å². The molecular weight excluding hydrogens is 297 g/mol. The standard InChI is InChI=1S/C15H13Cl2NO2/c1-10-8-12(16)4-7-14(10)15(17)9-11-2-5-13(6-3-11)18(19)20/h2-8,15H,9H2,1H3. The van der Waals surface area contributed by atoms with E-state index in [1.54, 1.807) is 12.1 Å². The maximum absolute atomic E-state index is 10.6. The number of non-ortho nitro benzene ring substituents is 1. The van der Waals surface area contributed by atoms with Gasteiger partial charge >= 0.3 is 0 Å². The van der Waals surface area contributed by atoms with Crippen molar-refractivity contribution in [3.8, 4) is 0 Å². The van der Waals surface area contributed by atoms with Gasteiger partial charge in [-0.25, -0.2) is 0 Å². The molecule has 0 spiro atoms. The maximum atomic E-state index is 10.6. The fourth-order valence-corrected chi connectivity index (χ4v) is 2.71. The van der Waals surface area contributed by atoms with Gasteiger partial charge in [-0.2, -0.15) is 0 Å². The highest BCUT2D eigenvalue weighted by Crippen LogP contribution is 2.29. The van der Waals surface area contributed by atoms with Gasteiger partial charge in [-0.1, -0.05) is 29.8 Å². The summed E-state index contributed by atoms with van der Waals surface area (Å²) in [6.45, 7) is 1.96. The average molecular weight is 310 g/mol. The Hall–Kier alpha value is -1.58. The van der Waals surface area contributed by atoms with Crippen LogP contribution in [0.2, 0.25) is 5.02 Å². The summed E-state index contributed by atoms with van der Waals surface area (Å²) in [4.78, 5) is 10.2. The minimum absolute atomic E-state index is 0.0857. The molecule has 0 bridgehead atoms. The Morgan fingerprint density at radius 2 is 1.85 bits per heavy atom. The maximum Gasteiger partial charge on any atom is 0.269 e. The number of halogens is 2. The summed E-state index contributed by atoms with van der Waals surface area (Å²) >= 11 is 12.3. The van der Waals surface area contributed by atoms with Crippen LogP contribution in [-0.4, -0.2) is 4.92 Å². The van der Waals surface area contributed by atoms with E-state index in [1.807, 2.05) is 25.1 Å². The third kappa shape index (κ3) is 3.50. The quantitative estimate of drug-likeness (QED) is 0.449. The molecule has 0 aliphatic heterocycles. The van der Waals surface area contributed by atoms with Gasteiger partial charge < -0.3 is 0 Å². The van der Waals surface area contributed by atoms with Crippen LogP contribution in [0.25, 0.3) is 0 Å². The molecule has 0 saturated carbocycles. The Labute approximate surface area is 127 Å². The van der Waals surface area contributed by atoms with E-state index in [-0.39, 0.29) is 11.1 Å². The van der Waals surface area contributed by atoms with Crippen molar-refractivity contribution in [1.82, 2.24) is 0 Å². The lowest BCUT2D eigenvalue weighted by Gasteiger charge is -2.13. The highest BCUT2D eigenvalue weighted by molar-refractivity contribution is 6.30. The predicted octanol–water partition coefficient (Wildman–Crippen LogP) is 5.08. The van der Waals surface area contributed by atoms with Gasteiger partial charge in [0.15, 0.2) is 0 Å². The summed E-state index contributed by atoms with van der Waals surface area (Å²) in [5.41, 5.74) is 3.11. The predicted molar refractivity (Wildman–Crippen MR) is 81.6 cm³/mol. The van der Waals surface area contributed by atoms with Gasteiger partial charge in [0.2, 0.25) is 0 Å². The molecule has 5 heteroatoms. The number of benzene rings is 2. The fraction of sp³-hybridized carbons (Fsp3) is 0.200. The van der Waals surface area contributed by atoms with Crippen LogP contribution in [0.4, 0.5) is 5.69 Å². The Morgan fingerprint density at radius 1 is 1.20 bits per heavy atom. The summed E-state index contributed by atoms with van der Waals surface area (Å²) in [6.07, 6.45) is 0.613. The van der Waals surface area contributed by atoms with Crippen LogP contribution in [0, 0.1) is 17.0 Å². The smallest absolute Gasteiger partial charge is 0.258 e. The van der Waals surface area contributed by atoms with Crippen molar-refractivity contribution < 1.29 is 4.92 Å². The Morgan fingerprint density at radius 3 is 2.40 bits per heavy atom. The van der Waals surface area contributed by atoms with Gasteiger partial charge in [-0.3, -0.25) is 10.1 Å². The first kappa shape index (κ1) is 14.8. The summed E-state index contributed by atoms with van der Waals surface area (Å²) in [7, 11) is 0. The van der Waals surface area contributed by atoms with Crippen molar-refractivity contribution in [2.24, 2.45) is 0 Å². The monoisotopic (exact) mass is 309 g/mol. The molecule has 0 N–H and O–H groups in total. The van der Waals surface area contributed by atoms with Crippen LogP contribution in [0.5, 0.6) is 0 Å². The number of hydrogen-bond donors (Lipinski definition) is 0. The zero-order chi connectivity index (χ0) is 14.7. The van der Waals surface area contributed by atoms with Crippen LogP contribution < -0.4 is 0 Å². The molecule has 1 unspecified atom stereocenters. The van der Waals surface area contributed by atoms with E-state index in [0.717, 1.165) is 16.7 Å². The fourth-order valence-electron chi connectivity index (χ4n) is 2.06. The molecule has 2 aromatic carbocycles. The van der Waals surface area contributed by atoms with Crippen LogP contribution in [-0.2, 0) is 6.42 Å². The molecule has 104 valence electrons. The number of rotatable bonds is 4. The number of aryl methyl sites for hydroxylation is 1. The van der Waals surface area contributed by atoms with Gasteiger partial charge in [0.05, 0.1) is 10.3 Å². The third-order valence-electron chi connectivity index (χ3n) is 3.13. The van der Waals surface area contributed by atoms with Crippen LogP contribution in [0.3, 0.4) is 0 Å². The largest absolute Gasteiger partial charge is 0.269 e. The molecule has 0 amide bonds. The van der Waals surface area contributed by atoms with Gasteiger partial charge in [-0.15, -0.1) is 11.6 Å². The molecule has 2 rings (SSSR count). The highest BCUT2D eigenvalue weighted by Gasteiger charge is 2.13. The van der Waals surface area contributed by atoms with E-state index < -0.39 is 4.92 Å². The first-order chi connectivity index (χ1) is 9.47. The van der Waals surface area contributed by atoms with Gasteiger partial charge in [0.1, 0.15) is 0 Å². The number of nitro groups is 1. The lowest BCUT2D eigenvalue weighted by molar-refractivity contribution is -0.384. The SMILES string of the molecule is Cc1cc(Cl)ccc1C(Cl)Cc1ccc([N+](=O)[O-])cc1. The van der Waals surface area contributed by atoms with Crippen molar-refractivity contribution >= 4 is 28.9 Å². The van der Waals surface area contributed by atoms with Crippen molar-refractivity contribution in [3.05, 3.63) is 74.3 Å². The Kier molecular flexibility index (Phi) is 4.63. The van der Waals surface area contributed by atoms with Crippen molar-refractivity contribution in [1.29, 1.82) is 0 Å². The van der Waals surface area contributed by atoms with Crippen LogP contribution >= 0.6 is 23.2 Å². The van der Waals surface area contributed by atoms with Crippen LogP contribution in [0.15, 0.2) is 42.5 Å². The van der Waals surface area contributed by atoms with Gasteiger partial charge in [-0.05, 0) is 42.2 Å². The van der Waals surface area contributed by atoms with E-state index in [2.05, 4.69) is 0 Å². The molecule has 0 heterocycles. The number of alkyl halides is 1. The molecule has 0 aliphatic carbocycles. The highest BCUT2D eigenvalue weighted by atomic mass is 35.5. The first-order valence-corrected chi connectivity index (χ1v) is 6.92. The van der Waals surface area contributed by atoms with Gasteiger partial charge in [0, 0.05) is 17.2 Å². The second-order valence-corrected chi connectivity index (χ2v) is 5.56. The molecule has 20 heavy (non-hydrogen) atoms. The number of hydrogen-bond acceptors (Lipinski definition) is 2. The summed E-state index contributed by atoms with van der Waals surface area (Å²) in [5.74, 6) is 0. The minimum Gasteiger partial charge on any atom is -0.258 e. The molecular formula is C15H13Cl2NO2. The zero-order valence-electron chi connectivity index (χ0n) is 10.8. The normalized spacial score (nSPS) is 12.2. The zero-order valence-corrected chi connectivity index (χ0v) is 12.4. The molecule has 1 atom stereocenters.